The molecule has 1 atom stereocenters. The van der Waals surface area contributed by atoms with Crippen molar-refractivity contribution >= 4 is 11.3 Å². The minimum atomic E-state index is 0.348. The van der Waals surface area contributed by atoms with E-state index in [4.69, 9.17) is 0 Å². The van der Waals surface area contributed by atoms with E-state index >= 15 is 0 Å². The molecule has 0 bridgehead atoms. The number of rotatable bonds is 4. The third kappa shape index (κ3) is 2.88. The zero-order chi connectivity index (χ0) is 10.5. The highest BCUT2D eigenvalue weighted by Crippen LogP contribution is 2.13. The second kappa shape index (κ2) is 5.05. The summed E-state index contributed by atoms with van der Waals surface area (Å²) in [6.45, 7) is 3.08. The monoisotopic (exact) mass is 218 g/mol. The summed E-state index contributed by atoms with van der Waals surface area (Å²) in [5.74, 6) is 0. The number of aromatic nitrogens is 1. The first-order chi connectivity index (χ1) is 7.36. The van der Waals surface area contributed by atoms with Gasteiger partial charge in [0.15, 0.2) is 0 Å². The second-order valence-electron chi connectivity index (χ2n) is 3.47. The van der Waals surface area contributed by atoms with Crippen LogP contribution < -0.4 is 5.32 Å². The molecule has 0 aromatic carbocycles. The van der Waals surface area contributed by atoms with Crippen molar-refractivity contribution in [2.24, 2.45) is 0 Å². The largest absolute Gasteiger partial charge is 0.305 e. The zero-order valence-electron chi connectivity index (χ0n) is 8.68. The topological polar surface area (TPSA) is 24.9 Å². The Morgan fingerprint density at radius 2 is 2.33 bits per heavy atom. The number of thiophene rings is 1. The van der Waals surface area contributed by atoms with Gasteiger partial charge in [0.25, 0.3) is 0 Å². The summed E-state index contributed by atoms with van der Waals surface area (Å²) in [6.07, 6.45) is 3.71. The van der Waals surface area contributed by atoms with Crippen LogP contribution in [0.3, 0.4) is 0 Å². The molecule has 15 heavy (non-hydrogen) atoms. The van der Waals surface area contributed by atoms with Crippen molar-refractivity contribution in [3.05, 3.63) is 52.5 Å². The van der Waals surface area contributed by atoms with E-state index in [9.17, 15) is 0 Å². The highest BCUT2D eigenvalue weighted by molar-refractivity contribution is 7.09. The van der Waals surface area contributed by atoms with Crippen LogP contribution >= 0.6 is 11.3 Å². The van der Waals surface area contributed by atoms with E-state index in [1.165, 1.54) is 10.4 Å². The molecule has 0 unspecified atom stereocenters. The molecule has 2 rings (SSSR count). The number of hydrogen-bond acceptors (Lipinski definition) is 3. The molecule has 0 spiro atoms. The van der Waals surface area contributed by atoms with Crippen molar-refractivity contribution in [3.63, 3.8) is 0 Å². The van der Waals surface area contributed by atoms with Gasteiger partial charge in [0.1, 0.15) is 0 Å². The Bertz CT molecular complexity index is 383. The molecule has 0 aliphatic heterocycles. The maximum atomic E-state index is 4.11. The first kappa shape index (κ1) is 10.3. The van der Waals surface area contributed by atoms with Gasteiger partial charge in [-0.15, -0.1) is 11.3 Å². The molecule has 0 saturated carbocycles. The lowest BCUT2D eigenvalue weighted by atomic mass is 10.1. The van der Waals surface area contributed by atoms with Crippen molar-refractivity contribution in [3.8, 4) is 0 Å². The number of hydrogen-bond donors (Lipinski definition) is 1. The van der Waals surface area contributed by atoms with Crippen molar-refractivity contribution in [1.82, 2.24) is 10.3 Å². The third-order valence-electron chi connectivity index (χ3n) is 2.35. The van der Waals surface area contributed by atoms with E-state index < -0.39 is 0 Å². The molecular weight excluding hydrogens is 204 g/mol. The first-order valence-electron chi connectivity index (χ1n) is 5.02. The molecule has 1 N–H and O–H groups in total. The van der Waals surface area contributed by atoms with Gasteiger partial charge in [-0.3, -0.25) is 4.98 Å². The molecule has 0 fully saturated rings. The van der Waals surface area contributed by atoms with E-state index in [2.05, 4.69) is 40.8 Å². The summed E-state index contributed by atoms with van der Waals surface area (Å²) in [4.78, 5) is 5.48. The highest BCUT2D eigenvalue weighted by atomic mass is 32.1. The predicted molar refractivity (Wildman–Crippen MR) is 63.8 cm³/mol. The van der Waals surface area contributed by atoms with Crippen molar-refractivity contribution < 1.29 is 0 Å². The summed E-state index contributed by atoms with van der Waals surface area (Å²) < 4.78 is 0. The van der Waals surface area contributed by atoms with Crippen LogP contribution in [0.2, 0.25) is 0 Å². The Kier molecular flexibility index (Phi) is 3.48. The molecular formula is C12H14N2S. The Morgan fingerprint density at radius 1 is 1.40 bits per heavy atom. The molecule has 2 nitrogen and oxygen atoms in total. The van der Waals surface area contributed by atoms with Crippen LogP contribution in [0.4, 0.5) is 0 Å². The lowest BCUT2D eigenvalue weighted by Gasteiger charge is -2.12. The van der Waals surface area contributed by atoms with Crippen LogP contribution in [-0.2, 0) is 6.54 Å². The number of pyridine rings is 1. The van der Waals surface area contributed by atoms with Crippen LogP contribution in [-0.4, -0.2) is 4.98 Å². The first-order valence-corrected chi connectivity index (χ1v) is 5.90. The summed E-state index contributed by atoms with van der Waals surface area (Å²) in [6, 6.07) is 8.64. The summed E-state index contributed by atoms with van der Waals surface area (Å²) in [5, 5.41) is 5.57. The van der Waals surface area contributed by atoms with E-state index in [0.717, 1.165) is 6.54 Å². The van der Waals surface area contributed by atoms with Gasteiger partial charge < -0.3 is 5.32 Å². The molecule has 2 aromatic heterocycles. The summed E-state index contributed by atoms with van der Waals surface area (Å²) in [5.41, 5.74) is 1.23. The summed E-state index contributed by atoms with van der Waals surface area (Å²) in [7, 11) is 0. The van der Waals surface area contributed by atoms with E-state index in [-0.39, 0.29) is 0 Å². The quantitative estimate of drug-likeness (QED) is 0.853. The van der Waals surface area contributed by atoms with Crippen molar-refractivity contribution in [2.45, 2.75) is 19.5 Å². The normalized spacial score (nSPS) is 12.6. The summed E-state index contributed by atoms with van der Waals surface area (Å²) >= 11 is 1.78. The van der Waals surface area contributed by atoms with E-state index in [0.29, 0.717) is 6.04 Å². The van der Waals surface area contributed by atoms with Gasteiger partial charge in [0.2, 0.25) is 0 Å². The average molecular weight is 218 g/mol. The molecule has 0 radical (unpaired) electrons. The van der Waals surface area contributed by atoms with Gasteiger partial charge in [0.05, 0.1) is 0 Å². The Morgan fingerprint density at radius 3 is 3.00 bits per heavy atom. The molecule has 2 aromatic rings. The molecule has 2 heterocycles. The van der Waals surface area contributed by atoms with Gasteiger partial charge in [0, 0.05) is 29.9 Å². The van der Waals surface area contributed by atoms with Crippen LogP contribution in [0.15, 0.2) is 42.0 Å². The van der Waals surface area contributed by atoms with Crippen molar-refractivity contribution in [2.75, 3.05) is 0 Å². The fourth-order valence-corrected chi connectivity index (χ4v) is 2.07. The van der Waals surface area contributed by atoms with Gasteiger partial charge >= 0.3 is 0 Å². The molecule has 0 amide bonds. The standard InChI is InChI=1S/C12H14N2S/c1-10(11-4-2-6-13-8-11)14-9-12-5-3-7-15-12/h2-8,10,14H,9H2,1H3/t10-/m1/s1. The lowest BCUT2D eigenvalue weighted by molar-refractivity contribution is 0.577. The van der Waals surface area contributed by atoms with Crippen LogP contribution in [0.25, 0.3) is 0 Å². The lowest BCUT2D eigenvalue weighted by Crippen LogP contribution is -2.17. The average Bonchev–Trinajstić information content (AvgIpc) is 2.80. The minimum absolute atomic E-state index is 0.348. The number of nitrogens with zero attached hydrogens (tertiary/aromatic N) is 1. The van der Waals surface area contributed by atoms with Gasteiger partial charge in [-0.05, 0) is 30.0 Å². The molecule has 78 valence electrons. The maximum Gasteiger partial charge on any atom is 0.0315 e. The van der Waals surface area contributed by atoms with Gasteiger partial charge in [-0.2, -0.15) is 0 Å². The van der Waals surface area contributed by atoms with Crippen molar-refractivity contribution in [1.29, 1.82) is 0 Å². The van der Waals surface area contributed by atoms with Gasteiger partial charge in [-0.25, -0.2) is 0 Å². The third-order valence-corrected chi connectivity index (χ3v) is 3.22. The van der Waals surface area contributed by atoms with Gasteiger partial charge in [-0.1, -0.05) is 12.1 Å². The molecule has 3 heteroatoms. The smallest absolute Gasteiger partial charge is 0.0315 e. The Labute approximate surface area is 94.0 Å². The van der Waals surface area contributed by atoms with E-state index in [1.54, 1.807) is 17.5 Å². The predicted octanol–water partition coefficient (Wildman–Crippen LogP) is 2.99. The Hall–Kier alpha value is -1.19. The van der Waals surface area contributed by atoms with Crippen LogP contribution in [0.1, 0.15) is 23.4 Å². The van der Waals surface area contributed by atoms with E-state index in [1.807, 2.05) is 12.3 Å². The number of nitrogens with one attached hydrogen (secondary N) is 1. The highest BCUT2D eigenvalue weighted by Gasteiger charge is 2.04. The molecule has 0 saturated heterocycles. The fraction of sp³-hybridized carbons (Fsp3) is 0.250. The Balaban J connectivity index is 1.90. The molecule has 0 aliphatic rings. The molecule has 0 aliphatic carbocycles. The van der Waals surface area contributed by atoms with Crippen LogP contribution in [0, 0.1) is 0 Å². The maximum absolute atomic E-state index is 4.11. The van der Waals surface area contributed by atoms with Crippen LogP contribution in [0.5, 0.6) is 0 Å². The SMILES string of the molecule is C[C@@H](NCc1cccs1)c1cccnc1. The second-order valence-corrected chi connectivity index (χ2v) is 4.50. The zero-order valence-corrected chi connectivity index (χ0v) is 9.50. The minimum Gasteiger partial charge on any atom is -0.305 e. The fourth-order valence-electron chi connectivity index (χ4n) is 1.42.